The van der Waals surface area contributed by atoms with E-state index in [1.165, 1.54) is 12.1 Å². The maximum Gasteiger partial charge on any atom is 0.238 e. The number of pyridine rings is 1. The largest absolute Gasteiger partial charge is 0.351 e. The minimum absolute atomic E-state index is 0.0756. The monoisotopic (exact) mass is 300 g/mol. The third-order valence-electron chi connectivity index (χ3n) is 3.71. The van der Waals surface area contributed by atoms with Gasteiger partial charge in [-0.15, -0.1) is 0 Å². The van der Waals surface area contributed by atoms with E-state index in [2.05, 4.69) is 21.2 Å². The summed E-state index contributed by atoms with van der Waals surface area (Å²) in [6.45, 7) is 0.386. The molecule has 1 saturated heterocycles. The SMILES string of the molecule is O=C(NCc1ccc(F)cc1)C1CC(c2ccncc2)NN1. The van der Waals surface area contributed by atoms with Crippen LogP contribution < -0.4 is 16.2 Å². The Morgan fingerprint density at radius 1 is 1.18 bits per heavy atom. The van der Waals surface area contributed by atoms with Crippen LogP contribution in [0.4, 0.5) is 4.39 Å². The lowest BCUT2D eigenvalue weighted by Gasteiger charge is -2.10. The molecule has 6 heteroatoms. The fourth-order valence-corrected chi connectivity index (χ4v) is 2.46. The number of aromatic nitrogens is 1. The van der Waals surface area contributed by atoms with E-state index in [0.717, 1.165) is 11.1 Å². The third-order valence-corrected chi connectivity index (χ3v) is 3.71. The molecule has 2 aromatic rings. The van der Waals surface area contributed by atoms with Crippen molar-refractivity contribution >= 4 is 5.91 Å². The van der Waals surface area contributed by atoms with Gasteiger partial charge in [0.15, 0.2) is 0 Å². The fourth-order valence-electron chi connectivity index (χ4n) is 2.46. The summed E-state index contributed by atoms with van der Waals surface area (Å²) in [5, 5.41) is 2.86. The zero-order chi connectivity index (χ0) is 15.4. The standard InChI is InChI=1S/C16H17FN4O/c17-13-3-1-11(2-4-13)10-19-16(22)15-9-14(20-21-15)12-5-7-18-8-6-12/h1-8,14-15,20-21H,9-10H2,(H,19,22). The highest BCUT2D eigenvalue weighted by Crippen LogP contribution is 2.21. The first kappa shape index (κ1) is 14.6. The van der Waals surface area contributed by atoms with Crippen molar-refractivity contribution in [2.45, 2.75) is 25.0 Å². The van der Waals surface area contributed by atoms with E-state index in [-0.39, 0.29) is 23.8 Å². The van der Waals surface area contributed by atoms with Crippen LogP contribution >= 0.6 is 0 Å². The molecule has 1 fully saturated rings. The molecular weight excluding hydrogens is 283 g/mol. The zero-order valence-corrected chi connectivity index (χ0v) is 11.9. The number of rotatable bonds is 4. The number of carbonyl (C=O) groups is 1. The summed E-state index contributed by atoms with van der Waals surface area (Å²) in [5.74, 6) is -0.356. The summed E-state index contributed by atoms with van der Waals surface area (Å²) in [5.41, 5.74) is 8.09. The lowest BCUT2D eigenvalue weighted by molar-refractivity contribution is -0.123. The molecule has 0 spiro atoms. The van der Waals surface area contributed by atoms with Gasteiger partial charge in [0.25, 0.3) is 0 Å². The lowest BCUT2D eigenvalue weighted by atomic mass is 10.0. The van der Waals surface area contributed by atoms with Gasteiger partial charge in [-0.2, -0.15) is 0 Å². The topological polar surface area (TPSA) is 66.0 Å². The van der Waals surface area contributed by atoms with Crippen molar-refractivity contribution < 1.29 is 9.18 Å². The van der Waals surface area contributed by atoms with Crippen molar-refractivity contribution in [3.8, 4) is 0 Å². The van der Waals surface area contributed by atoms with Gasteiger partial charge in [0.2, 0.25) is 5.91 Å². The van der Waals surface area contributed by atoms with Crippen LogP contribution in [0.5, 0.6) is 0 Å². The Kier molecular flexibility index (Phi) is 4.41. The molecule has 0 bridgehead atoms. The number of amides is 1. The second-order valence-electron chi connectivity index (χ2n) is 5.25. The van der Waals surface area contributed by atoms with E-state index >= 15 is 0 Å². The minimum atomic E-state index is -0.293. The van der Waals surface area contributed by atoms with Crippen LogP contribution in [0.1, 0.15) is 23.6 Å². The number of carbonyl (C=O) groups excluding carboxylic acids is 1. The Morgan fingerprint density at radius 3 is 2.64 bits per heavy atom. The first-order chi connectivity index (χ1) is 10.7. The first-order valence-corrected chi connectivity index (χ1v) is 7.15. The maximum atomic E-state index is 12.8. The average Bonchev–Trinajstić information content (AvgIpc) is 3.05. The quantitative estimate of drug-likeness (QED) is 0.799. The molecule has 0 saturated carbocycles. The van der Waals surface area contributed by atoms with Gasteiger partial charge >= 0.3 is 0 Å². The molecular formula is C16H17FN4O. The van der Waals surface area contributed by atoms with Crippen LogP contribution in [0.15, 0.2) is 48.8 Å². The van der Waals surface area contributed by atoms with Gasteiger partial charge < -0.3 is 5.32 Å². The second kappa shape index (κ2) is 6.64. The highest BCUT2D eigenvalue weighted by atomic mass is 19.1. The van der Waals surface area contributed by atoms with Crippen molar-refractivity contribution in [3.05, 3.63) is 65.7 Å². The highest BCUT2D eigenvalue weighted by molar-refractivity contribution is 5.82. The van der Waals surface area contributed by atoms with Crippen molar-refractivity contribution in [3.63, 3.8) is 0 Å². The van der Waals surface area contributed by atoms with Crippen molar-refractivity contribution in [1.29, 1.82) is 0 Å². The van der Waals surface area contributed by atoms with Gasteiger partial charge in [-0.1, -0.05) is 12.1 Å². The minimum Gasteiger partial charge on any atom is -0.351 e. The highest BCUT2D eigenvalue weighted by Gasteiger charge is 2.29. The zero-order valence-electron chi connectivity index (χ0n) is 11.9. The molecule has 22 heavy (non-hydrogen) atoms. The lowest BCUT2D eigenvalue weighted by Crippen LogP contribution is -2.42. The van der Waals surface area contributed by atoms with E-state index in [1.807, 2.05) is 12.1 Å². The van der Waals surface area contributed by atoms with E-state index in [9.17, 15) is 9.18 Å². The summed E-state index contributed by atoms with van der Waals surface area (Å²) in [6, 6.07) is 9.75. The summed E-state index contributed by atoms with van der Waals surface area (Å²) in [4.78, 5) is 16.1. The predicted molar refractivity (Wildman–Crippen MR) is 79.9 cm³/mol. The number of hydrogen-bond acceptors (Lipinski definition) is 4. The van der Waals surface area contributed by atoms with E-state index < -0.39 is 0 Å². The van der Waals surface area contributed by atoms with E-state index in [4.69, 9.17) is 0 Å². The van der Waals surface area contributed by atoms with Crippen molar-refractivity contribution in [2.75, 3.05) is 0 Å². The molecule has 1 aliphatic rings. The summed E-state index contributed by atoms with van der Waals surface area (Å²) < 4.78 is 12.8. The van der Waals surface area contributed by atoms with Gasteiger partial charge in [-0.25, -0.2) is 15.2 Å². The molecule has 0 aliphatic carbocycles. The summed E-state index contributed by atoms with van der Waals surface area (Å²) in [7, 11) is 0. The Labute approximate surface area is 127 Å². The van der Waals surface area contributed by atoms with Gasteiger partial charge in [0, 0.05) is 25.0 Å². The first-order valence-electron chi connectivity index (χ1n) is 7.15. The molecule has 1 amide bonds. The van der Waals surface area contributed by atoms with Crippen LogP contribution in [-0.4, -0.2) is 16.9 Å². The number of hydrogen-bond donors (Lipinski definition) is 3. The number of benzene rings is 1. The Bertz CT molecular complexity index is 632. The van der Waals surface area contributed by atoms with Gasteiger partial charge in [-0.05, 0) is 41.8 Å². The molecule has 2 atom stereocenters. The molecule has 3 N–H and O–H groups in total. The smallest absolute Gasteiger partial charge is 0.238 e. The Hall–Kier alpha value is -2.31. The Morgan fingerprint density at radius 2 is 1.91 bits per heavy atom. The average molecular weight is 300 g/mol. The molecule has 1 aliphatic heterocycles. The molecule has 0 radical (unpaired) electrons. The van der Waals surface area contributed by atoms with Crippen molar-refractivity contribution in [1.82, 2.24) is 21.2 Å². The van der Waals surface area contributed by atoms with Crippen LogP contribution in [0.25, 0.3) is 0 Å². The second-order valence-corrected chi connectivity index (χ2v) is 5.25. The predicted octanol–water partition coefficient (Wildman–Crippen LogP) is 1.44. The number of halogens is 1. The molecule has 3 rings (SSSR count). The van der Waals surface area contributed by atoms with Gasteiger partial charge in [0.05, 0.1) is 0 Å². The van der Waals surface area contributed by atoms with Crippen molar-refractivity contribution in [2.24, 2.45) is 0 Å². The Balaban J connectivity index is 1.52. The van der Waals surface area contributed by atoms with E-state index in [0.29, 0.717) is 13.0 Å². The molecule has 114 valence electrons. The number of nitrogens with zero attached hydrogens (tertiary/aromatic N) is 1. The van der Waals surface area contributed by atoms with Crippen LogP contribution in [0, 0.1) is 5.82 Å². The number of nitrogens with one attached hydrogen (secondary N) is 3. The molecule has 5 nitrogen and oxygen atoms in total. The maximum absolute atomic E-state index is 12.8. The molecule has 1 aromatic carbocycles. The summed E-state index contributed by atoms with van der Waals surface area (Å²) in [6.07, 6.45) is 4.14. The van der Waals surface area contributed by atoms with Crippen LogP contribution in [0.3, 0.4) is 0 Å². The van der Waals surface area contributed by atoms with Crippen LogP contribution in [-0.2, 0) is 11.3 Å². The molecule has 2 heterocycles. The fraction of sp³-hybridized carbons (Fsp3) is 0.250. The van der Waals surface area contributed by atoms with Crippen LogP contribution in [0.2, 0.25) is 0 Å². The third kappa shape index (κ3) is 3.47. The molecule has 2 unspecified atom stereocenters. The summed E-state index contributed by atoms with van der Waals surface area (Å²) >= 11 is 0. The number of hydrazine groups is 1. The normalized spacial score (nSPS) is 20.8. The van der Waals surface area contributed by atoms with Gasteiger partial charge in [0.1, 0.15) is 11.9 Å². The molecule has 1 aromatic heterocycles. The van der Waals surface area contributed by atoms with E-state index in [1.54, 1.807) is 24.5 Å². The van der Waals surface area contributed by atoms with Gasteiger partial charge in [-0.3, -0.25) is 9.78 Å².